The fraction of sp³-hybridized carbons (Fsp3) is 0.0588. The first-order valence-corrected chi connectivity index (χ1v) is 6.90. The van der Waals surface area contributed by atoms with Crippen molar-refractivity contribution >= 4 is 17.9 Å². The number of ether oxygens (including phenoxy) is 2. The molecule has 0 amide bonds. The van der Waals surface area contributed by atoms with Crippen LogP contribution in [0.2, 0.25) is 0 Å². The highest BCUT2D eigenvalue weighted by molar-refractivity contribution is 6.12. The van der Waals surface area contributed by atoms with Crippen LogP contribution in [0.25, 0.3) is 6.08 Å². The summed E-state index contributed by atoms with van der Waals surface area (Å²) in [5.41, 5.74) is 0.212. The number of nitrogens with zero attached hydrogens (tertiary/aromatic N) is 1. The Bertz CT molecular complexity index is 823. The van der Waals surface area contributed by atoms with Gasteiger partial charge >= 0.3 is 12.6 Å². The van der Waals surface area contributed by atoms with E-state index in [1.54, 1.807) is 30.4 Å². The lowest BCUT2D eigenvalue weighted by Crippen LogP contribution is -2.10. The molecule has 0 N–H and O–H groups in total. The maximum atomic E-state index is 12.4. The molecule has 1 aromatic heterocycles. The highest BCUT2D eigenvalue weighted by Gasteiger charge is 2.26. The predicted octanol–water partition coefficient (Wildman–Crippen LogP) is 3.78. The summed E-state index contributed by atoms with van der Waals surface area (Å²) in [7, 11) is 0. The first-order chi connectivity index (χ1) is 11.6. The van der Waals surface area contributed by atoms with E-state index in [4.69, 9.17) is 9.15 Å². The number of aliphatic imine (C=N–C) groups is 1. The minimum absolute atomic E-state index is 0.0413. The molecule has 0 saturated heterocycles. The predicted molar refractivity (Wildman–Crippen MR) is 81.5 cm³/mol. The van der Waals surface area contributed by atoms with Gasteiger partial charge < -0.3 is 13.9 Å². The largest absolute Gasteiger partial charge is 0.465 e. The molecule has 0 saturated carbocycles. The number of rotatable bonds is 5. The number of halogens is 2. The summed E-state index contributed by atoms with van der Waals surface area (Å²) >= 11 is 0. The number of alkyl halides is 2. The first kappa shape index (κ1) is 15.7. The van der Waals surface area contributed by atoms with Crippen LogP contribution in [0.15, 0.2) is 69.9 Å². The summed E-state index contributed by atoms with van der Waals surface area (Å²) in [5, 5.41) is 0. The molecule has 2 aromatic rings. The van der Waals surface area contributed by atoms with E-state index in [0.29, 0.717) is 5.76 Å². The van der Waals surface area contributed by atoms with Gasteiger partial charge in [-0.15, -0.1) is 0 Å². The normalized spacial score (nSPS) is 16.0. The van der Waals surface area contributed by atoms with Gasteiger partial charge in [0.2, 0.25) is 5.90 Å². The Morgan fingerprint density at radius 3 is 2.75 bits per heavy atom. The number of esters is 1. The van der Waals surface area contributed by atoms with Crippen molar-refractivity contribution in [2.75, 3.05) is 0 Å². The summed E-state index contributed by atoms with van der Waals surface area (Å²) < 4.78 is 39.4. The number of carbonyl (C=O) groups is 1. The maximum Gasteiger partial charge on any atom is 0.387 e. The van der Waals surface area contributed by atoms with Gasteiger partial charge in [0.1, 0.15) is 11.5 Å². The lowest BCUT2D eigenvalue weighted by molar-refractivity contribution is -0.130. The molecule has 1 aliphatic rings. The second kappa shape index (κ2) is 6.91. The van der Waals surface area contributed by atoms with Crippen LogP contribution in [0.3, 0.4) is 0 Å². The van der Waals surface area contributed by atoms with Crippen LogP contribution in [0.5, 0.6) is 5.75 Å². The zero-order chi connectivity index (χ0) is 16.9. The van der Waals surface area contributed by atoms with Gasteiger partial charge in [0.25, 0.3) is 0 Å². The minimum Gasteiger partial charge on any atom is -0.465 e. The van der Waals surface area contributed by atoms with Crippen molar-refractivity contribution in [2.45, 2.75) is 6.61 Å². The number of benzene rings is 1. The van der Waals surface area contributed by atoms with Crippen molar-refractivity contribution in [2.24, 2.45) is 4.99 Å². The van der Waals surface area contributed by atoms with E-state index < -0.39 is 12.6 Å². The fourth-order valence-corrected chi connectivity index (χ4v) is 2.00. The monoisotopic (exact) mass is 331 g/mol. The molecular weight excluding hydrogens is 320 g/mol. The molecule has 0 spiro atoms. The lowest BCUT2D eigenvalue weighted by Gasteiger charge is -2.08. The average molecular weight is 331 g/mol. The van der Waals surface area contributed by atoms with Crippen molar-refractivity contribution in [3.63, 3.8) is 0 Å². The molecule has 0 radical (unpaired) electrons. The number of allylic oxidation sites excluding steroid dienone is 2. The van der Waals surface area contributed by atoms with E-state index in [9.17, 15) is 13.6 Å². The van der Waals surface area contributed by atoms with Gasteiger partial charge in [0.05, 0.1) is 11.8 Å². The molecule has 1 aromatic carbocycles. The van der Waals surface area contributed by atoms with Crippen LogP contribution in [0.1, 0.15) is 11.3 Å². The van der Waals surface area contributed by atoms with E-state index >= 15 is 0 Å². The molecule has 0 aliphatic carbocycles. The van der Waals surface area contributed by atoms with Crippen LogP contribution < -0.4 is 4.74 Å². The lowest BCUT2D eigenvalue weighted by atomic mass is 10.2. The zero-order valence-corrected chi connectivity index (χ0v) is 12.2. The van der Waals surface area contributed by atoms with E-state index in [1.807, 2.05) is 0 Å². The van der Waals surface area contributed by atoms with E-state index in [-0.39, 0.29) is 22.9 Å². The number of cyclic esters (lactones) is 1. The van der Waals surface area contributed by atoms with Gasteiger partial charge in [-0.3, -0.25) is 0 Å². The average Bonchev–Trinajstić information content (AvgIpc) is 3.18. The van der Waals surface area contributed by atoms with E-state index in [2.05, 4.69) is 9.73 Å². The summed E-state index contributed by atoms with van der Waals surface area (Å²) in [6, 6.07) is 9.42. The highest BCUT2D eigenvalue weighted by Crippen LogP contribution is 2.25. The molecular formula is C17H11F2NO4. The minimum atomic E-state index is -2.99. The highest BCUT2D eigenvalue weighted by atomic mass is 19.3. The van der Waals surface area contributed by atoms with Crippen molar-refractivity contribution in [3.05, 3.63) is 71.8 Å². The van der Waals surface area contributed by atoms with Crippen LogP contribution in [-0.4, -0.2) is 18.5 Å². The molecule has 3 rings (SSSR count). The molecule has 7 heteroatoms. The smallest absolute Gasteiger partial charge is 0.387 e. The number of hydrogen-bond donors (Lipinski definition) is 0. The third-order valence-corrected chi connectivity index (χ3v) is 3.01. The molecule has 0 fully saturated rings. The zero-order valence-electron chi connectivity index (χ0n) is 12.2. The Morgan fingerprint density at radius 1 is 1.17 bits per heavy atom. The maximum absolute atomic E-state index is 12.4. The Kier molecular flexibility index (Phi) is 4.51. The van der Waals surface area contributed by atoms with Gasteiger partial charge in [-0.25, -0.2) is 9.79 Å². The molecule has 0 bridgehead atoms. The number of para-hydroxylation sites is 1. The van der Waals surface area contributed by atoms with Crippen LogP contribution in [-0.2, 0) is 9.53 Å². The Labute approximate surface area is 135 Å². The second-order valence-corrected chi connectivity index (χ2v) is 4.61. The van der Waals surface area contributed by atoms with Gasteiger partial charge in [0.15, 0.2) is 5.70 Å². The van der Waals surface area contributed by atoms with Crippen molar-refractivity contribution < 1.29 is 27.5 Å². The molecule has 122 valence electrons. The van der Waals surface area contributed by atoms with Gasteiger partial charge in [0, 0.05) is 0 Å². The first-order valence-electron chi connectivity index (χ1n) is 6.90. The van der Waals surface area contributed by atoms with Crippen molar-refractivity contribution in [1.29, 1.82) is 0 Å². The van der Waals surface area contributed by atoms with E-state index in [0.717, 1.165) is 0 Å². The quantitative estimate of drug-likeness (QED) is 0.618. The molecule has 2 heterocycles. The second-order valence-electron chi connectivity index (χ2n) is 4.61. The van der Waals surface area contributed by atoms with Crippen molar-refractivity contribution in [1.82, 2.24) is 0 Å². The third-order valence-electron chi connectivity index (χ3n) is 3.01. The Balaban J connectivity index is 1.84. The van der Waals surface area contributed by atoms with Gasteiger partial charge in [-0.2, -0.15) is 8.78 Å². The molecule has 5 nitrogen and oxygen atoms in total. The standard InChI is InChI=1S/C17H11F2NO4/c18-17(19)23-14-9-2-1-7-12(14)15-20-13(16(21)24-15)8-3-5-11-6-4-10-22-11/h1-10,17H/b5-3-,13-8+. The fourth-order valence-electron chi connectivity index (χ4n) is 2.00. The molecule has 0 atom stereocenters. The summed E-state index contributed by atoms with van der Waals surface area (Å²) in [4.78, 5) is 15.9. The van der Waals surface area contributed by atoms with Crippen molar-refractivity contribution in [3.8, 4) is 5.75 Å². The number of hydrogen-bond acceptors (Lipinski definition) is 5. The molecule has 0 unspecified atom stereocenters. The number of furan rings is 1. The van der Waals surface area contributed by atoms with Crippen LogP contribution in [0, 0.1) is 0 Å². The number of carbonyl (C=O) groups excluding carboxylic acids is 1. The Morgan fingerprint density at radius 2 is 2.00 bits per heavy atom. The molecule has 1 aliphatic heterocycles. The Hall–Kier alpha value is -3.22. The topological polar surface area (TPSA) is 61.0 Å². The van der Waals surface area contributed by atoms with Crippen LogP contribution in [0.4, 0.5) is 8.78 Å². The van der Waals surface area contributed by atoms with Crippen LogP contribution >= 0.6 is 0 Å². The van der Waals surface area contributed by atoms with Gasteiger partial charge in [-0.05, 0) is 36.4 Å². The van der Waals surface area contributed by atoms with E-state index in [1.165, 1.54) is 30.5 Å². The summed E-state index contributed by atoms with van der Waals surface area (Å²) in [5.74, 6) is -0.278. The SMILES string of the molecule is O=C1OC(c2ccccc2OC(F)F)=N/C1=C/C=C\c1ccco1. The molecule has 24 heavy (non-hydrogen) atoms. The van der Waals surface area contributed by atoms with Gasteiger partial charge in [-0.1, -0.05) is 18.2 Å². The third kappa shape index (κ3) is 3.57. The summed E-state index contributed by atoms with van der Waals surface area (Å²) in [6.45, 7) is -2.99. The summed E-state index contributed by atoms with van der Waals surface area (Å²) in [6.07, 6.45) is 6.17.